The fourth-order valence-corrected chi connectivity index (χ4v) is 2.29. The highest BCUT2D eigenvalue weighted by Gasteiger charge is 2.03. The normalized spacial score (nSPS) is 12.1. The summed E-state index contributed by atoms with van der Waals surface area (Å²) in [4.78, 5) is 9.21. The van der Waals surface area contributed by atoms with Crippen LogP contribution in [0.4, 0.5) is 0 Å². The van der Waals surface area contributed by atoms with Gasteiger partial charge in [0.15, 0.2) is 11.9 Å². The van der Waals surface area contributed by atoms with Gasteiger partial charge in [0.25, 0.3) is 0 Å². The highest BCUT2D eigenvalue weighted by atomic mass is 15.2. The highest BCUT2D eigenvalue weighted by Crippen LogP contribution is 1.89. The van der Waals surface area contributed by atoms with Crippen LogP contribution in [0.15, 0.2) is 9.98 Å². The van der Waals surface area contributed by atoms with Crippen molar-refractivity contribution in [1.82, 2.24) is 26.6 Å². The Bertz CT molecular complexity index is 403. The topological polar surface area (TPSA) is 84.9 Å². The summed E-state index contributed by atoms with van der Waals surface area (Å²) < 4.78 is 0. The second-order valence-electron chi connectivity index (χ2n) is 8.08. The summed E-state index contributed by atoms with van der Waals surface area (Å²) >= 11 is 0. The summed E-state index contributed by atoms with van der Waals surface area (Å²) in [5, 5.41) is 17.0. The third kappa shape index (κ3) is 17.7. The first kappa shape index (κ1) is 25.5. The standard InChI is InChI=1S/C20H45N7/c1-15(2)24-19(25-16(3)4)22-13-9-11-21-12-10-14-23-20(26-17(5)6)27-18(7)8/h15-18,21H,9-14H2,1-8H3,(H2,22,24,25)(H2,23,26,27). The Hall–Kier alpha value is -1.50. The van der Waals surface area contributed by atoms with Gasteiger partial charge < -0.3 is 26.6 Å². The molecule has 0 aromatic carbocycles. The minimum absolute atomic E-state index is 0.290. The number of hydrogen-bond donors (Lipinski definition) is 5. The molecule has 0 heterocycles. The van der Waals surface area contributed by atoms with Gasteiger partial charge in [-0.15, -0.1) is 0 Å². The zero-order valence-corrected chi connectivity index (χ0v) is 18.9. The Kier molecular flexibility index (Phi) is 14.7. The van der Waals surface area contributed by atoms with Gasteiger partial charge in [-0.2, -0.15) is 0 Å². The van der Waals surface area contributed by atoms with Crippen molar-refractivity contribution in [3.8, 4) is 0 Å². The van der Waals surface area contributed by atoms with E-state index < -0.39 is 0 Å². The third-order valence-electron chi connectivity index (χ3n) is 3.27. The maximum atomic E-state index is 4.63. The molecule has 0 unspecified atom stereocenters. The molecular formula is C20H45N7. The van der Waals surface area contributed by atoms with Crippen molar-refractivity contribution in [3.05, 3.63) is 0 Å². The van der Waals surface area contributed by atoms with Crippen LogP contribution in [0.3, 0.4) is 0 Å². The van der Waals surface area contributed by atoms with E-state index in [2.05, 4.69) is 92.0 Å². The van der Waals surface area contributed by atoms with Crippen LogP contribution in [0, 0.1) is 0 Å². The van der Waals surface area contributed by atoms with E-state index in [4.69, 9.17) is 0 Å². The summed E-state index contributed by atoms with van der Waals surface area (Å²) in [5.74, 6) is 1.80. The minimum atomic E-state index is 0.290. The lowest BCUT2D eigenvalue weighted by atomic mass is 10.3. The Morgan fingerprint density at radius 3 is 1.70 bits per heavy atom. The second kappa shape index (κ2) is 15.5. The predicted molar refractivity (Wildman–Crippen MR) is 120 cm³/mol. The monoisotopic (exact) mass is 383 g/mol. The van der Waals surface area contributed by atoms with E-state index in [1.54, 1.807) is 0 Å². The van der Waals surface area contributed by atoms with Crippen molar-refractivity contribution in [2.75, 3.05) is 26.2 Å². The molecule has 0 spiro atoms. The van der Waals surface area contributed by atoms with Gasteiger partial charge in [-0.05, 0) is 81.3 Å². The first-order chi connectivity index (χ1) is 12.7. The molecule has 0 amide bonds. The quantitative estimate of drug-likeness (QED) is 0.202. The molecule has 0 saturated carbocycles. The van der Waals surface area contributed by atoms with Gasteiger partial charge in [0.1, 0.15) is 0 Å². The number of hydrogen-bond acceptors (Lipinski definition) is 3. The van der Waals surface area contributed by atoms with Crippen LogP contribution in [-0.2, 0) is 0 Å². The Labute approximate surface area is 167 Å². The summed E-state index contributed by atoms with van der Waals surface area (Å²) in [5.41, 5.74) is 0. The van der Waals surface area contributed by atoms with E-state index in [9.17, 15) is 0 Å². The SMILES string of the molecule is CC(C)N=C(NCCCNCCCN=C(NC(C)C)NC(C)C)NC(C)C. The Morgan fingerprint density at radius 2 is 1.19 bits per heavy atom. The molecule has 7 heteroatoms. The van der Waals surface area contributed by atoms with E-state index >= 15 is 0 Å². The Morgan fingerprint density at radius 1 is 0.667 bits per heavy atom. The average molecular weight is 384 g/mol. The van der Waals surface area contributed by atoms with Crippen LogP contribution in [0.5, 0.6) is 0 Å². The van der Waals surface area contributed by atoms with Crippen molar-refractivity contribution in [2.24, 2.45) is 9.98 Å². The number of aliphatic imine (C=N–C) groups is 2. The first-order valence-corrected chi connectivity index (χ1v) is 10.6. The number of nitrogens with one attached hydrogen (secondary N) is 5. The molecule has 0 rings (SSSR count). The molecule has 5 N–H and O–H groups in total. The minimum Gasteiger partial charge on any atom is -0.356 e. The van der Waals surface area contributed by atoms with Gasteiger partial charge >= 0.3 is 0 Å². The fourth-order valence-electron chi connectivity index (χ4n) is 2.29. The van der Waals surface area contributed by atoms with Crippen molar-refractivity contribution in [1.29, 1.82) is 0 Å². The van der Waals surface area contributed by atoms with E-state index in [1.165, 1.54) is 0 Å². The maximum Gasteiger partial charge on any atom is 0.191 e. The summed E-state index contributed by atoms with van der Waals surface area (Å²) in [6, 6.07) is 1.44. The lowest BCUT2D eigenvalue weighted by Gasteiger charge is -2.17. The van der Waals surface area contributed by atoms with Gasteiger partial charge in [-0.3, -0.25) is 9.98 Å². The molecular weight excluding hydrogens is 338 g/mol. The number of nitrogens with zero attached hydrogens (tertiary/aromatic N) is 2. The van der Waals surface area contributed by atoms with Gasteiger partial charge in [0.05, 0.1) is 0 Å². The molecule has 27 heavy (non-hydrogen) atoms. The van der Waals surface area contributed by atoms with Crippen LogP contribution >= 0.6 is 0 Å². The Balaban J connectivity index is 3.91. The van der Waals surface area contributed by atoms with Gasteiger partial charge in [0.2, 0.25) is 0 Å². The van der Waals surface area contributed by atoms with Crippen molar-refractivity contribution in [3.63, 3.8) is 0 Å². The molecule has 0 atom stereocenters. The molecule has 160 valence electrons. The molecule has 0 aliphatic carbocycles. The van der Waals surface area contributed by atoms with Crippen LogP contribution in [0.1, 0.15) is 68.2 Å². The van der Waals surface area contributed by atoms with E-state index in [0.29, 0.717) is 18.1 Å². The molecule has 7 nitrogen and oxygen atoms in total. The predicted octanol–water partition coefficient (Wildman–Crippen LogP) is 2.06. The molecule has 0 bridgehead atoms. The molecule has 0 fully saturated rings. The smallest absolute Gasteiger partial charge is 0.191 e. The van der Waals surface area contributed by atoms with Gasteiger partial charge in [0, 0.05) is 37.3 Å². The average Bonchev–Trinajstić information content (AvgIpc) is 2.50. The van der Waals surface area contributed by atoms with Crippen molar-refractivity contribution < 1.29 is 0 Å². The zero-order valence-electron chi connectivity index (χ0n) is 18.9. The van der Waals surface area contributed by atoms with Crippen LogP contribution < -0.4 is 26.6 Å². The van der Waals surface area contributed by atoms with Crippen LogP contribution in [0.25, 0.3) is 0 Å². The molecule has 0 saturated heterocycles. The molecule has 0 aromatic heterocycles. The fraction of sp³-hybridized carbons (Fsp3) is 0.900. The van der Waals surface area contributed by atoms with E-state index in [0.717, 1.165) is 50.9 Å². The highest BCUT2D eigenvalue weighted by molar-refractivity contribution is 5.80. The third-order valence-corrected chi connectivity index (χ3v) is 3.27. The summed E-state index contributed by atoms with van der Waals surface area (Å²) in [6.45, 7) is 20.6. The lowest BCUT2D eigenvalue weighted by molar-refractivity contribution is 0.607. The lowest BCUT2D eigenvalue weighted by Crippen LogP contribution is -2.44. The van der Waals surface area contributed by atoms with Crippen molar-refractivity contribution in [2.45, 2.75) is 92.4 Å². The molecule has 0 aromatic rings. The van der Waals surface area contributed by atoms with E-state index in [-0.39, 0.29) is 6.04 Å². The molecule has 0 radical (unpaired) electrons. The van der Waals surface area contributed by atoms with E-state index in [1.807, 2.05) is 0 Å². The molecule has 0 aliphatic heterocycles. The second-order valence-corrected chi connectivity index (χ2v) is 8.08. The largest absolute Gasteiger partial charge is 0.356 e. The van der Waals surface area contributed by atoms with Crippen LogP contribution in [0.2, 0.25) is 0 Å². The molecule has 0 aliphatic rings. The van der Waals surface area contributed by atoms with Gasteiger partial charge in [-0.25, -0.2) is 0 Å². The summed E-state index contributed by atoms with van der Waals surface area (Å²) in [7, 11) is 0. The maximum absolute atomic E-state index is 4.63. The van der Waals surface area contributed by atoms with Gasteiger partial charge in [-0.1, -0.05) is 0 Å². The van der Waals surface area contributed by atoms with Crippen molar-refractivity contribution >= 4 is 11.9 Å². The van der Waals surface area contributed by atoms with Crippen LogP contribution in [-0.4, -0.2) is 62.3 Å². The number of guanidine groups is 2. The first-order valence-electron chi connectivity index (χ1n) is 10.6. The number of rotatable bonds is 12. The summed E-state index contributed by atoms with van der Waals surface area (Å²) in [6.07, 6.45) is 2.10. The zero-order chi connectivity index (χ0) is 20.7.